The molecule has 0 spiro atoms. The first-order valence-electron chi connectivity index (χ1n) is 8.96. The summed E-state index contributed by atoms with van der Waals surface area (Å²) < 4.78 is 3.53. The van der Waals surface area contributed by atoms with Crippen LogP contribution in [0.25, 0.3) is 0 Å². The zero-order chi connectivity index (χ0) is 18.1. The Morgan fingerprint density at radius 2 is 2.19 bits per heavy atom. The van der Waals surface area contributed by atoms with E-state index < -0.39 is 0 Å². The maximum Gasteiger partial charge on any atom is 0.274 e. The number of carbonyl (C=O) groups is 2. The molecule has 2 fully saturated rings. The van der Waals surface area contributed by atoms with E-state index in [-0.39, 0.29) is 36.8 Å². The number of aromatic nitrogens is 4. The van der Waals surface area contributed by atoms with Crippen LogP contribution in [0.5, 0.6) is 0 Å². The molecule has 4 rings (SSSR count). The van der Waals surface area contributed by atoms with Gasteiger partial charge in [-0.25, -0.2) is 0 Å². The van der Waals surface area contributed by atoms with Gasteiger partial charge in [0.15, 0.2) is 0 Å². The van der Waals surface area contributed by atoms with Crippen molar-refractivity contribution in [2.75, 3.05) is 37.6 Å². The van der Waals surface area contributed by atoms with E-state index in [4.69, 9.17) is 0 Å². The van der Waals surface area contributed by atoms with E-state index in [2.05, 4.69) is 15.5 Å². The zero-order valence-corrected chi connectivity index (χ0v) is 16.1. The van der Waals surface area contributed by atoms with Crippen LogP contribution in [-0.4, -0.2) is 69.0 Å². The molecule has 0 bridgehead atoms. The van der Waals surface area contributed by atoms with Gasteiger partial charge in [0.2, 0.25) is 5.91 Å². The summed E-state index contributed by atoms with van der Waals surface area (Å²) in [5, 5.41) is 11.9. The van der Waals surface area contributed by atoms with Crippen LogP contribution >= 0.6 is 12.4 Å². The van der Waals surface area contributed by atoms with Gasteiger partial charge in [-0.2, -0.15) is 10.2 Å². The lowest BCUT2D eigenvalue weighted by molar-refractivity contribution is -0.120. The third kappa shape index (κ3) is 3.98. The SMILES string of the molecule is Cl.Cn1cc(N2CCN(C(=O)c3ccn(C4CCCNC4)n3)CC2=O)cn1. The molecule has 2 amide bonds. The van der Waals surface area contributed by atoms with Crippen molar-refractivity contribution in [3.63, 3.8) is 0 Å². The van der Waals surface area contributed by atoms with Crippen molar-refractivity contribution in [3.8, 4) is 0 Å². The molecule has 146 valence electrons. The van der Waals surface area contributed by atoms with E-state index >= 15 is 0 Å². The summed E-state index contributed by atoms with van der Waals surface area (Å²) in [6.07, 6.45) is 7.49. The van der Waals surface area contributed by atoms with Gasteiger partial charge in [0.1, 0.15) is 12.2 Å². The third-order valence-corrected chi connectivity index (χ3v) is 4.98. The van der Waals surface area contributed by atoms with Crippen LogP contribution in [-0.2, 0) is 11.8 Å². The Hall–Kier alpha value is -2.39. The molecule has 4 heterocycles. The lowest BCUT2D eigenvalue weighted by atomic mass is 10.1. The van der Waals surface area contributed by atoms with Crippen molar-refractivity contribution >= 4 is 29.9 Å². The number of anilines is 1. The van der Waals surface area contributed by atoms with E-state index in [9.17, 15) is 9.59 Å². The normalized spacial score (nSPS) is 20.5. The Morgan fingerprint density at radius 3 is 2.85 bits per heavy atom. The van der Waals surface area contributed by atoms with E-state index in [1.165, 1.54) is 0 Å². The summed E-state index contributed by atoms with van der Waals surface area (Å²) in [7, 11) is 1.81. The number of piperazine rings is 1. The summed E-state index contributed by atoms with van der Waals surface area (Å²) in [4.78, 5) is 28.4. The molecular weight excluding hydrogens is 370 g/mol. The molecule has 0 radical (unpaired) electrons. The summed E-state index contributed by atoms with van der Waals surface area (Å²) in [6.45, 7) is 2.91. The molecule has 2 aliphatic heterocycles. The summed E-state index contributed by atoms with van der Waals surface area (Å²) >= 11 is 0. The molecule has 10 heteroatoms. The lowest BCUT2D eigenvalue weighted by Gasteiger charge is -2.33. The monoisotopic (exact) mass is 393 g/mol. The molecule has 2 saturated heterocycles. The first-order chi connectivity index (χ1) is 12.6. The second kappa shape index (κ2) is 8.10. The number of hydrogen-bond acceptors (Lipinski definition) is 5. The van der Waals surface area contributed by atoms with Crippen molar-refractivity contribution in [3.05, 3.63) is 30.4 Å². The smallest absolute Gasteiger partial charge is 0.274 e. The van der Waals surface area contributed by atoms with Crippen LogP contribution in [0, 0.1) is 0 Å². The number of aryl methyl sites for hydroxylation is 1. The summed E-state index contributed by atoms with van der Waals surface area (Å²) in [6, 6.07) is 2.03. The number of nitrogens with zero attached hydrogens (tertiary/aromatic N) is 6. The van der Waals surface area contributed by atoms with Crippen LogP contribution in [0.15, 0.2) is 24.7 Å². The molecule has 0 aromatic carbocycles. The number of rotatable bonds is 3. The largest absolute Gasteiger partial charge is 0.326 e. The molecule has 27 heavy (non-hydrogen) atoms. The highest BCUT2D eigenvalue weighted by Gasteiger charge is 2.30. The summed E-state index contributed by atoms with van der Waals surface area (Å²) in [5.41, 5.74) is 1.16. The highest BCUT2D eigenvalue weighted by atomic mass is 35.5. The zero-order valence-electron chi connectivity index (χ0n) is 15.2. The fourth-order valence-electron chi connectivity index (χ4n) is 3.54. The van der Waals surface area contributed by atoms with Gasteiger partial charge >= 0.3 is 0 Å². The Kier molecular flexibility index (Phi) is 5.81. The number of carbonyl (C=O) groups excluding carboxylic acids is 2. The Balaban J connectivity index is 0.00000210. The van der Waals surface area contributed by atoms with E-state index in [0.29, 0.717) is 18.8 Å². The molecule has 1 unspecified atom stereocenters. The van der Waals surface area contributed by atoms with Gasteiger partial charge in [0, 0.05) is 39.1 Å². The molecule has 0 aliphatic carbocycles. The predicted octanol–water partition coefficient (Wildman–Crippen LogP) is 0.452. The topological polar surface area (TPSA) is 88.3 Å². The van der Waals surface area contributed by atoms with Gasteiger partial charge in [-0.1, -0.05) is 0 Å². The quantitative estimate of drug-likeness (QED) is 0.818. The maximum atomic E-state index is 12.7. The van der Waals surface area contributed by atoms with E-state index in [1.54, 1.807) is 32.9 Å². The highest BCUT2D eigenvalue weighted by Crippen LogP contribution is 2.19. The second-order valence-electron chi connectivity index (χ2n) is 6.83. The fourth-order valence-corrected chi connectivity index (χ4v) is 3.54. The van der Waals surface area contributed by atoms with Crippen LogP contribution in [0.4, 0.5) is 5.69 Å². The van der Waals surface area contributed by atoms with Gasteiger partial charge in [-0.3, -0.25) is 19.0 Å². The molecular formula is C17H24ClN7O2. The number of halogens is 1. The van der Waals surface area contributed by atoms with Crippen LogP contribution in [0.2, 0.25) is 0 Å². The first kappa shape index (κ1) is 19.4. The van der Waals surface area contributed by atoms with Crippen LogP contribution in [0.1, 0.15) is 29.4 Å². The maximum absolute atomic E-state index is 12.7. The number of amides is 2. The first-order valence-corrected chi connectivity index (χ1v) is 8.96. The van der Waals surface area contributed by atoms with Gasteiger partial charge in [-0.15, -0.1) is 12.4 Å². The minimum absolute atomic E-state index is 0. The van der Waals surface area contributed by atoms with Gasteiger partial charge in [0.05, 0.1) is 17.9 Å². The molecule has 2 aromatic rings. The van der Waals surface area contributed by atoms with Crippen molar-refractivity contribution < 1.29 is 9.59 Å². The van der Waals surface area contributed by atoms with Crippen molar-refractivity contribution in [2.24, 2.45) is 7.05 Å². The molecule has 9 nitrogen and oxygen atoms in total. The lowest BCUT2D eigenvalue weighted by Crippen LogP contribution is -2.52. The second-order valence-corrected chi connectivity index (χ2v) is 6.83. The molecule has 2 aromatic heterocycles. The number of hydrogen-bond donors (Lipinski definition) is 1. The average molecular weight is 394 g/mol. The predicted molar refractivity (Wildman–Crippen MR) is 102 cm³/mol. The van der Waals surface area contributed by atoms with Gasteiger partial charge < -0.3 is 15.1 Å². The van der Waals surface area contributed by atoms with E-state index in [0.717, 1.165) is 31.6 Å². The summed E-state index contributed by atoms with van der Waals surface area (Å²) in [5.74, 6) is -0.291. The molecule has 1 atom stereocenters. The van der Waals surface area contributed by atoms with E-state index in [1.807, 2.05) is 17.9 Å². The third-order valence-electron chi connectivity index (χ3n) is 4.98. The minimum Gasteiger partial charge on any atom is -0.326 e. The van der Waals surface area contributed by atoms with Gasteiger partial charge in [-0.05, 0) is 25.5 Å². The molecule has 0 saturated carbocycles. The van der Waals surface area contributed by atoms with Crippen molar-refractivity contribution in [2.45, 2.75) is 18.9 Å². The highest BCUT2D eigenvalue weighted by molar-refractivity contribution is 6.00. The van der Waals surface area contributed by atoms with Gasteiger partial charge in [0.25, 0.3) is 5.91 Å². The van der Waals surface area contributed by atoms with Crippen molar-refractivity contribution in [1.29, 1.82) is 0 Å². The average Bonchev–Trinajstić information content (AvgIpc) is 3.31. The Morgan fingerprint density at radius 1 is 1.33 bits per heavy atom. The minimum atomic E-state index is -0.188. The van der Waals surface area contributed by atoms with Crippen LogP contribution < -0.4 is 10.2 Å². The Bertz CT molecular complexity index is 812. The van der Waals surface area contributed by atoms with Crippen LogP contribution in [0.3, 0.4) is 0 Å². The number of piperidine rings is 1. The fraction of sp³-hybridized carbons (Fsp3) is 0.529. The van der Waals surface area contributed by atoms with Crippen molar-refractivity contribution in [1.82, 2.24) is 29.8 Å². The standard InChI is InChI=1S/C17H23N7O2.ClH/c1-21-11-14(10-19-21)23-8-7-22(12-16(23)25)17(26)15-4-6-24(20-15)13-3-2-5-18-9-13;/h4,6,10-11,13,18H,2-3,5,7-9,12H2,1H3;1H. The molecule has 1 N–H and O–H groups in total. The Labute approximate surface area is 163 Å². The number of nitrogens with one attached hydrogen (secondary N) is 1. The molecule has 2 aliphatic rings.